The summed E-state index contributed by atoms with van der Waals surface area (Å²) in [6, 6.07) is 14.6. The highest BCUT2D eigenvalue weighted by molar-refractivity contribution is 5.95. The largest absolute Gasteiger partial charge is 0.330 e. The molecule has 27 heavy (non-hydrogen) atoms. The minimum atomic E-state index is -0.460. The van der Waals surface area contributed by atoms with Gasteiger partial charge in [0.25, 0.3) is 5.91 Å². The van der Waals surface area contributed by atoms with Gasteiger partial charge in [-0.05, 0) is 55.6 Å². The van der Waals surface area contributed by atoms with Crippen LogP contribution in [0.25, 0.3) is 0 Å². The zero-order valence-electron chi connectivity index (χ0n) is 15.5. The molecule has 1 fully saturated rings. The SMILES string of the molecule is C=CC[C@@H]1c2ccccc2C2(CCNCC2)CN1C(=O)c1ccccc1F. The van der Waals surface area contributed by atoms with Gasteiger partial charge in [0.05, 0.1) is 11.6 Å². The van der Waals surface area contributed by atoms with E-state index < -0.39 is 5.82 Å². The van der Waals surface area contributed by atoms with Crippen molar-refractivity contribution in [3.05, 3.63) is 83.7 Å². The Morgan fingerprint density at radius 1 is 1.19 bits per heavy atom. The third kappa shape index (κ3) is 3.08. The molecule has 0 aliphatic carbocycles. The molecule has 2 aliphatic heterocycles. The fraction of sp³-hybridized carbons (Fsp3) is 0.348. The molecule has 2 aromatic carbocycles. The van der Waals surface area contributed by atoms with Crippen LogP contribution in [-0.2, 0) is 5.41 Å². The molecule has 0 unspecified atom stereocenters. The molecular weight excluding hydrogens is 339 g/mol. The first-order valence-electron chi connectivity index (χ1n) is 9.63. The fourth-order valence-electron chi connectivity index (χ4n) is 4.71. The second kappa shape index (κ2) is 7.28. The summed E-state index contributed by atoms with van der Waals surface area (Å²) in [4.78, 5) is 15.3. The normalized spacial score (nSPS) is 20.9. The van der Waals surface area contributed by atoms with Gasteiger partial charge in [0, 0.05) is 12.0 Å². The predicted molar refractivity (Wildman–Crippen MR) is 105 cm³/mol. The van der Waals surface area contributed by atoms with Gasteiger partial charge in [-0.2, -0.15) is 0 Å². The Bertz CT molecular complexity index is 857. The molecule has 2 heterocycles. The van der Waals surface area contributed by atoms with Gasteiger partial charge >= 0.3 is 0 Å². The fourth-order valence-corrected chi connectivity index (χ4v) is 4.71. The maximum absolute atomic E-state index is 14.4. The smallest absolute Gasteiger partial charge is 0.257 e. The number of amides is 1. The molecule has 2 aromatic rings. The second-order valence-corrected chi connectivity index (χ2v) is 7.57. The summed E-state index contributed by atoms with van der Waals surface area (Å²) in [5, 5.41) is 3.43. The van der Waals surface area contributed by atoms with E-state index in [0.29, 0.717) is 13.0 Å². The number of piperidine rings is 1. The maximum Gasteiger partial charge on any atom is 0.257 e. The molecule has 3 nitrogen and oxygen atoms in total. The average molecular weight is 364 g/mol. The quantitative estimate of drug-likeness (QED) is 0.827. The molecule has 0 aromatic heterocycles. The summed E-state index contributed by atoms with van der Waals surface area (Å²) >= 11 is 0. The lowest BCUT2D eigenvalue weighted by Gasteiger charge is -2.50. The Hall–Kier alpha value is -2.46. The first-order chi connectivity index (χ1) is 13.2. The van der Waals surface area contributed by atoms with Gasteiger partial charge in [-0.1, -0.05) is 42.5 Å². The van der Waals surface area contributed by atoms with Crippen molar-refractivity contribution in [1.29, 1.82) is 0 Å². The summed E-state index contributed by atoms with van der Waals surface area (Å²) in [6.07, 6.45) is 4.47. The van der Waals surface area contributed by atoms with E-state index in [4.69, 9.17) is 0 Å². The van der Waals surface area contributed by atoms with Gasteiger partial charge in [0.1, 0.15) is 5.82 Å². The van der Waals surface area contributed by atoms with Crippen molar-refractivity contribution in [2.75, 3.05) is 19.6 Å². The van der Waals surface area contributed by atoms with E-state index in [1.54, 1.807) is 18.2 Å². The highest BCUT2D eigenvalue weighted by atomic mass is 19.1. The van der Waals surface area contributed by atoms with Crippen LogP contribution >= 0.6 is 0 Å². The standard InChI is InChI=1S/C23H25FN2O/c1-2-7-21-17-8-3-5-10-19(17)23(12-14-25-15-13-23)16-26(21)22(27)18-9-4-6-11-20(18)24/h2-6,8-11,21,25H,1,7,12-16H2/t21-/m1/s1. The summed E-state index contributed by atoms with van der Waals surface area (Å²) < 4.78 is 14.4. The molecule has 1 spiro atoms. The average Bonchev–Trinajstić information content (AvgIpc) is 2.71. The summed E-state index contributed by atoms with van der Waals surface area (Å²) in [5.41, 5.74) is 2.60. The molecule has 4 heteroatoms. The molecule has 0 bridgehead atoms. The Balaban J connectivity index is 1.82. The highest BCUT2D eigenvalue weighted by Crippen LogP contribution is 2.46. The van der Waals surface area contributed by atoms with Crippen LogP contribution in [0.1, 0.15) is 46.8 Å². The molecule has 140 valence electrons. The molecule has 4 rings (SSSR count). The zero-order chi connectivity index (χ0) is 18.9. The summed E-state index contributed by atoms with van der Waals surface area (Å²) in [6.45, 7) is 6.38. The zero-order valence-corrected chi connectivity index (χ0v) is 15.5. The first-order valence-corrected chi connectivity index (χ1v) is 9.63. The van der Waals surface area contributed by atoms with E-state index in [0.717, 1.165) is 25.9 Å². The van der Waals surface area contributed by atoms with Crippen molar-refractivity contribution < 1.29 is 9.18 Å². The van der Waals surface area contributed by atoms with Crippen LogP contribution < -0.4 is 5.32 Å². The van der Waals surface area contributed by atoms with Crippen LogP contribution in [0.4, 0.5) is 4.39 Å². The number of benzene rings is 2. The molecule has 1 N–H and O–H groups in total. The van der Waals surface area contributed by atoms with Crippen molar-refractivity contribution in [3.8, 4) is 0 Å². The molecule has 1 amide bonds. The third-order valence-corrected chi connectivity index (χ3v) is 6.06. The van der Waals surface area contributed by atoms with Gasteiger partial charge in [0.15, 0.2) is 0 Å². The van der Waals surface area contributed by atoms with Crippen molar-refractivity contribution in [2.24, 2.45) is 0 Å². The van der Waals surface area contributed by atoms with Gasteiger partial charge < -0.3 is 10.2 Å². The second-order valence-electron chi connectivity index (χ2n) is 7.57. The Kier molecular flexibility index (Phi) is 4.83. The lowest BCUT2D eigenvalue weighted by molar-refractivity contribution is 0.0534. The minimum absolute atomic E-state index is 0.0690. The van der Waals surface area contributed by atoms with E-state index >= 15 is 0 Å². The van der Waals surface area contributed by atoms with Crippen molar-refractivity contribution in [1.82, 2.24) is 10.2 Å². The van der Waals surface area contributed by atoms with E-state index in [-0.39, 0.29) is 22.9 Å². The number of fused-ring (bicyclic) bond motifs is 2. The Morgan fingerprint density at radius 2 is 1.89 bits per heavy atom. The summed E-state index contributed by atoms with van der Waals surface area (Å²) in [5.74, 6) is -0.689. The number of nitrogens with one attached hydrogen (secondary N) is 1. The number of rotatable bonds is 3. The third-order valence-electron chi connectivity index (χ3n) is 6.06. The number of carbonyl (C=O) groups excluding carboxylic acids is 1. The van der Waals surface area contributed by atoms with E-state index in [1.165, 1.54) is 17.2 Å². The molecule has 1 saturated heterocycles. The van der Waals surface area contributed by atoms with Crippen molar-refractivity contribution in [3.63, 3.8) is 0 Å². The van der Waals surface area contributed by atoms with E-state index in [1.807, 2.05) is 17.0 Å². The Morgan fingerprint density at radius 3 is 2.63 bits per heavy atom. The predicted octanol–water partition coefficient (Wildman–Crippen LogP) is 4.22. The number of hydrogen-bond donors (Lipinski definition) is 1. The number of halogens is 1. The molecule has 2 aliphatic rings. The van der Waals surface area contributed by atoms with Crippen LogP contribution in [0, 0.1) is 5.82 Å². The summed E-state index contributed by atoms with van der Waals surface area (Å²) in [7, 11) is 0. The lowest BCUT2D eigenvalue weighted by atomic mass is 9.67. The van der Waals surface area contributed by atoms with Crippen molar-refractivity contribution >= 4 is 5.91 Å². The first kappa shape index (κ1) is 17.9. The lowest BCUT2D eigenvalue weighted by Crippen LogP contribution is -2.54. The van der Waals surface area contributed by atoms with Gasteiger partial charge in [0.2, 0.25) is 0 Å². The monoisotopic (exact) mass is 364 g/mol. The molecular formula is C23H25FN2O. The van der Waals surface area contributed by atoms with E-state index in [2.05, 4.69) is 30.1 Å². The van der Waals surface area contributed by atoms with E-state index in [9.17, 15) is 9.18 Å². The van der Waals surface area contributed by atoms with Crippen LogP contribution in [0.15, 0.2) is 61.2 Å². The maximum atomic E-state index is 14.4. The van der Waals surface area contributed by atoms with Crippen molar-refractivity contribution in [2.45, 2.75) is 30.7 Å². The number of nitrogens with zero attached hydrogens (tertiary/aromatic N) is 1. The Labute approximate surface area is 159 Å². The molecule has 0 radical (unpaired) electrons. The van der Waals surface area contributed by atoms with Gasteiger partial charge in [-0.15, -0.1) is 6.58 Å². The van der Waals surface area contributed by atoms with Crippen LogP contribution in [0.2, 0.25) is 0 Å². The van der Waals surface area contributed by atoms with Crippen LogP contribution in [-0.4, -0.2) is 30.4 Å². The van der Waals surface area contributed by atoms with Crippen LogP contribution in [0.5, 0.6) is 0 Å². The van der Waals surface area contributed by atoms with Gasteiger partial charge in [-0.3, -0.25) is 4.79 Å². The van der Waals surface area contributed by atoms with Crippen LogP contribution in [0.3, 0.4) is 0 Å². The number of carbonyl (C=O) groups is 1. The molecule has 1 atom stereocenters. The number of hydrogen-bond acceptors (Lipinski definition) is 2. The van der Waals surface area contributed by atoms with Gasteiger partial charge in [-0.25, -0.2) is 4.39 Å². The molecule has 0 saturated carbocycles. The minimum Gasteiger partial charge on any atom is -0.330 e. The highest BCUT2D eigenvalue weighted by Gasteiger charge is 2.45. The topological polar surface area (TPSA) is 32.3 Å².